The smallest absolute Gasteiger partial charge is 0.248 e. The van der Waals surface area contributed by atoms with Gasteiger partial charge in [-0.15, -0.1) is 0 Å². The van der Waals surface area contributed by atoms with E-state index in [0.29, 0.717) is 29.1 Å². The predicted octanol–water partition coefficient (Wildman–Crippen LogP) is 2.46. The van der Waals surface area contributed by atoms with E-state index in [4.69, 9.17) is 16.1 Å². The van der Waals surface area contributed by atoms with E-state index in [9.17, 15) is 4.79 Å². The maximum Gasteiger partial charge on any atom is 0.248 e. The molecule has 9 heteroatoms. The van der Waals surface area contributed by atoms with E-state index in [1.54, 1.807) is 12.1 Å². The van der Waals surface area contributed by atoms with Gasteiger partial charge in [-0.05, 0) is 44.0 Å². The Kier molecular flexibility index (Phi) is 7.25. The molecule has 0 saturated carbocycles. The number of likely N-dealkylation sites (tertiary alicyclic amines) is 1. The van der Waals surface area contributed by atoms with E-state index >= 15 is 0 Å². The van der Waals surface area contributed by atoms with Crippen LogP contribution in [0.2, 0.25) is 5.02 Å². The highest BCUT2D eigenvalue weighted by Gasteiger charge is 2.18. The number of aromatic nitrogens is 2. The van der Waals surface area contributed by atoms with Crippen molar-refractivity contribution in [1.82, 2.24) is 25.7 Å². The minimum atomic E-state index is 0.258. The molecule has 2 N–H and O–H groups in total. The molecule has 0 spiro atoms. The number of hydrogen-bond donors (Lipinski definition) is 2. The summed E-state index contributed by atoms with van der Waals surface area (Å²) in [6.45, 7) is 5.41. The summed E-state index contributed by atoms with van der Waals surface area (Å²) in [6, 6.07) is 7.26. The van der Waals surface area contributed by atoms with E-state index in [1.807, 2.05) is 24.0 Å². The van der Waals surface area contributed by atoms with Crippen LogP contribution in [0.5, 0.6) is 0 Å². The van der Waals surface area contributed by atoms with Crippen LogP contribution in [-0.2, 0) is 11.3 Å². The maximum absolute atomic E-state index is 11.6. The number of rotatable bonds is 8. The van der Waals surface area contributed by atoms with E-state index < -0.39 is 0 Å². The number of carbonyl (C=O) groups excluding carboxylic acids is 1. The molecule has 2 aromatic rings. The summed E-state index contributed by atoms with van der Waals surface area (Å²) in [5.41, 5.74) is 0.838. The Morgan fingerprint density at radius 3 is 2.86 bits per heavy atom. The molecule has 0 aliphatic carbocycles. The highest BCUT2D eigenvalue weighted by atomic mass is 35.5. The number of halogens is 1. The number of guanidine groups is 1. The standard InChI is InChI=1S/C19H25ClN6O2/c1-2-21-19(22-10-4-12-26-11-3-5-17(26)27)23-13-16-24-18(25-28-16)14-6-8-15(20)9-7-14/h6-9H,2-5,10-13H2,1H3,(H2,21,22,23). The van der Waals surface area contributed by atoms with Crippen molar-refractivity contribution in [1.29, 1.82) is 0 Å². The van der Waals surface area contributed by atoms with Gasteiger partial charge in [-0.1, -0.05) is 16.8 Å². The van der Waals surface area contributed by atoms with Gasteiger partial charge in [-0.3, -0.25) is 4.79 Å². The minimum Gasteiger partial charge on any atom is -0.357 e. The fourth-order valence-electron chi connectivity index (χ4n) is 2.94. The van der Waals surface area contributed by atoms with Gasteiger partial charge in [-0.25, -0.2) is 4.99 Å². The number of amides is 1. The largest absolute Gasteiger partial charge is 0.357 e. The Bertz CT molecular complexity index is 805. The molecule has 0 unspecified atom stereocenters. The molecular formula is C19H25ClN6O2. The molecule has 0 radical (unpaired) electrons. The number of nitrogens with one attached hydrogen (secondary N) is 2. The topological polar surface area (TPSA) is 95.7 Å². The fraction of sp³-hybridized carbons (Fsp3) is 0.474. The van der Waals surface area contributed by atoms with E-state index in [2.05, 4.69) is 25.8 Å². The molecule has 1 aromatic carbocycles. The molecule has 1 amide bonds. The van der Waals surface area contributed by atoms with Crippen molar-refractivity contribution < 1.29 is 9.32 Å². The highest BCUT2D eigenvalue weighted by molar-refractivity contribution is 6.30. The molecule has 0 atom stereocenters. The fourth-order valence-corrected chi connectivity index (χ4v) is 3.07. The SMILES string of the molecule is CCNC(=NCc1nc(-c2ccc(Cl)cc2)no1)NCCCN1CCCC1=O. The van der Waals surface area contributed by atoms with Gasteiger partial charge in [0, 0.05) is 43.2 Å². The molecule has 3 rings (SSSR count). The Hall–Kier alpha value is -2.61. The van der Waals surface area contributed by atoms with Crippen LogP contribution in [0.4, 0.5) is 0 Å². The lowest BCUT2D eigenvalue weighted by molar-refractivity contribution is -0.127. The average Bonchev–Trinajstić information content (AvgIpc) is 3.33. The first-order chi connectivity index (χ1) is 13.7. The number of carbonyl (C=O) groups is 1. The quantitative estimate of drug-likeness (QED) is 0.398. The van der Waals surface area contributed by atoms with Gasteiger partial charge in [0.05, 0.1) is 0 Å². The summed E-state index contributed by atoms with van der Waals surface area (Å²) in [7, 11) is 0. The third kappa shape index (κ3) is 5.69. The number of aliphatic imine (C=N–C) groups is 1. The molecule has 1 aliphatic heterocycles. The first-order valence-corrected chi connectivity index (χ1v) is 9.92. The highest BCUT2D eigenvalue weighted by Crippen LogP contribution is 2.18. The molecule has 8 nitrogen and oxygen atoms in total. The van der Waals surface area contributed by atoms with Crippen LogP contribution in [0.3, 0.4) is 0 Å². The van der Waals surface area contributed by atoms with Crippen LogP contribution < -0.4 is 10.6 Å². The molecule has 28 heavy (non-hydrogen) atoms. The van der Waals surface area contributed by atoms with Crippen molar-refractivity contribution in [3.63, 3.8) is 0 Å². The monoisotopic (exact) mass is 404 g/mol. The molecule has 1 aliphatic rings. The number of hydrogen-bond acceptors (Lipinski definition) is 5. The molecule has 1 aromatic heterocycles. The zero-order valence-corrected chi connectivity index (χ0v) is 16.7. The second kappa shape index (κ2) is 10.1. The van der Waals surface area contributed by atoms with E-state index in [-0.39, 0.29) is 12.5 Å². The minimum absolute atomic E-state index is 0.258. The van der Waals surface area contributed by atoms with Crippen molar-refractivity contribution in [3.05, 3.63) is 35.2 Å². The Labute approximate surface area is 169 Å². The summed E-state index contributed by atoms with van der Waals surface area (Å²) >= 11 is 5.90. The summed E-state index contributed by atoms with van der Waals surface area (Å²) < 4.78 is 5.28. The normalized spacial score (nSPS) is 14.6. The lowest BCUT2D eigenvalue weighted by atomic mass is 10.2. The van der Waals surface area contributed by atoms with Crippen LogP contribution in [0.1, 0.15) is 32.1 Å². The predicted molar refractivity (Wildman–Crippen MR) is 108 cm³/mol. The third-order valence-electron chi connectivity index (χ3n) is 4.36. The van der Waals surface area contributed by atoms with Crippen LogP contribution in [0.25, 0.3) is 11.4 Å². The number of nitrogens with zero attached hydrogens (tertiary/aromatic N) is 4. The second-order valence-corrected chi connectivity index (χ2v) is 6.91. The molecular weight excluding hydrogens is 380 g/mol. The zero-order valence-electron chi connectivity index (χ0n) is 15.9. The third-order valence-corrected chi connectivity index (χ3v) is 4.61. The lowest BCUT2D eigenvalue weighted by Gasteiger charge is -2.16. The van der Waals surface area contributed by atoms with E-state index in [1.165, 1.54) is 0 Å². The lowest BCUT2D eigenvalue weighted by Crippen LogP contribution is -2.39. The van der Waals surface area contributed by atoms with Crippen LogP contribution in [0.15, 0.2) is 33.8 Å². The summed E-state index contributed by atoms with van der Waals surface area (Å²) in [6.07, 6.45) is 2.52. The summed E-state index contributed by atoms with van der Waals surface area (Å²) in [5, 5.41) is 11.1. The van der Waals surface area contributed by atoms with Crippen LogP contribution >= 0.6 is 11.6 Å². The number of benzene rings is 1. The van der Waals surface area contributed by atoms with Crippen molar-refractivity contribution in [2.24, 2.45) is 4.99 Å². The summed E-state index contributed by atoms with van der Waals surface area (Å²) in [5.74, 6) is 1.88. The molecule has 1 fully saturated rings. The van der Waals surface area contributed by atoms with Crippen LogP contribution in [-0.4, -0.2) is 53.1 Å². The Morgan fingerprint density at radius 1 is 1.32 bits per heavy atom. The van der Waals surface area contributed by atoms with Crippen molar-refractivity contribution in [3.8, 4) is 11.4 Å². The van der Waals surface area contributed by atoms with Gasteiger partial charge in [-0.2, -0.15) is 4.98 Å². The van der Waals surface area contributed by atoms with Gasteiger partial charge in [0.25, 0.3) is 0 Å². The molecule has 150 valence electrons. The van der Waals surface area contributed by atoms with E-state index in [0.717, 1.165) is 44.6 Å². The van der Waals surface area contributed by atoms with Gasteiger partial charge < -0.3 is 20.1 Å². The molecule has 0 bridgehead atoms. The van der Waals surface area contributed by atoms with Crippen LogP contribution in [0, 0.1) is 0 Å². The van der Waals surface area contributed by atoms with Crippen molar-refractivity contribution in [2.45, 2.75) is 32.7 Å². The van der Waals surface area contributed by atoms with Crippen molar-refractivity contribution in [2.75, 3.05) is 26.2 Å². The van der Waals surface area contributed by atoms with Crippen molar-refractivity contribution >= 4 is 23.5 Å². The first-order valence-electron chi connectivity index (χ1n) is 9.54. The average molecular weight is 405 g/mol. The summed E-state index contributed by atoms with van der Waals surface area (Å²) in [4.78, 5) is 22.4. The van der Waals surface area contributed by atoms with Gasteiger partial charge in [0.2, 0.25) is 17.6 Å². The second-order valence-electron chi connectivity index (χ2n) is 6.48. The van der Waals surface area contributed by atoms with Gasteiger partial charge in [0.1, 0.15) is 6.54 Å². The first kappa shape index (κ1) is 20.1. The maximum atomic E-state index is 11.6. The Morgan fingerprint density at radius 2 is 2.14 bits per heavy atom. The molecule has 2 heterocycles. The molecule has 1 saturated heterocycles. The van der Waals surface area contributed by atoms with Gasteiger partial charge in [0.15, 0.2) is 5.96 Å². The Balaban J connectivity index is 1.49. The van der Waals surface area contributed by atoms with Gasteiger partial charge >= 0.3 is 0 Å². The zero-order chi connectivity index (χ0) is 19.8.